The molecule has 0 radical (unpaired) electrons. The molecular weight excluding hydrogens is 358 g/mol. The molecule has 0 saturated carbocycles. The molecule has 2 N–H and O–H groups in total. The summed E-state index contributed by atoms with van der Waals surface area (Å²) in [6, 6.07) is 12.5. The zero-order valence-corrected chi connectivity index (χ0v) is 16.3. The molecule has 0 unspecified atom stereocenters. The number of ether oxygens (including phenoxy) is 3. The lowest BCUT2D eigenvalue weighted by Crippen LogP contribution is -2.14. The Morgan fingerprint density at radius 1 is 1.04 bits per heavy atom. The summed E-state index contributed by atoms with van der Waals surface area (Å²) in [6.07, 6.45) is 0.674. The summed E-state index contributed by atoms with van der Waals surface area (Å²) >= 11 is 0. The predicted octanol–water partition coefficient (Wildman–Crippen LogP) is 3.92. The van der Waals surface area contributed by atoms with Gasteiger partial charge in [-0.3, -0.25) is 9.89 Å². The largest absolute Gasteiger partial charge is 0.497 e. The fourth-order valence-corrected chi connectivity index (χ4v) is 2.97. The number of para-hydroxylation sites is 1. The summed E-state index contributed by atoms with van der Waals surface area (Å²) in [5.41, 5.74) is 3.22. The number of aromatic amines is 1. The molecule has 1 aromatic heterocycles. The van der Waals surface area contributed by atoms with E-state index in [9.17, 15) is 4.79 Å². The van der Waals surface area contributed by atoms with Crippen LogP contribution in [-0.2, 0) is 6.42 Å². The Kier molecular flexibility index (Phi) is 5.84. The number of carbonyl (C=O) groups is 1. The Bertz CT molecular complexity index is 982. The lowest BCUT2D eigenvalue weighted by atomic mass is 10.1. The number of amides is 1. The molecular formula is C21H23N3O4. The molecule has 0 saturated heterocycles. The molecule has 7 nitrogen and oxygen atoms in total. The first-order chi connectivity index (χ1) is 13.6. The van der Waals surface area contributed by atoms with Crippen molar-refractivity contribution in [2.45, 2.75) is 13.3 Å². The van der Waals surface area contributed by atoms with E-state index in [1.807, 2.05) is 25.1 Å². The number of hydrogen-bond acceptors (Lipinski definition) is 5. The van der Waals surface area contributed by atoms with Crippen LogP contribution in [0.2, 0.25) is 0 Å². The number of H-pyrrole nitrogens is 1. The van der Waals surface area contributed by atoms with Crippen molar-refractivity contribution >= 4 is 11.6 Å². The minimum atomic E-state index is -0.276. The van der Waals surface area contributed by atoms with Crippen LogP contribution in [0.1, 0.15) is 23.0 Å². The van der Waals surface area contributed by atoms with Crippen LogP contribution in [0.15, 0.2) is 42.5 Å². The highest BCUT2D eigenvalue weighted by molar-refractivity contribution is 6.08. The van der Waals surface area contributed by atoms with Gasteiger partial charge in [0.25, 0.3) is 5.91 Å². The van der Waals surface area contributed by atoms with Gasteiger partial charge in [-0.15, -0.1) is 0 Å². The van der Waals surface area contributed by atoms with E-state index in [0.717, 1.165) is 11.3 Å². The molecule has 0 atom stereocenters. The minimum Gasteiger partial charge on any atom is -0.497 e. The number of aromatic nitrogens is 2. The lowest BCUT2D eigenvalue weighted by molar-refractivity contribution is 0.102. The maximum absolute atomic E-state index is 12.9. The van der Waals surface area contributed by atoms with E-state index in [1.54, 1.807) is 38.5 Å². The molecule has 2 aromatic carbocycles. The van der Waals surface area contributed by atoms with Gasteiger partial charge in [-0.2, -0.15) is 5.10 Å². The standard InChI is InChI=1S/C21H23N3O4/c1-5-16-20(22-21(25)15-8-6-7-9-17(15)27-3)19(24-23-16)14-11-10-13(26-2)12-18(14)28-4/h6-12H,5H2,1-4H3,(H,22,25)(H,23,24). The van der Waals surface area contributed by atoms with Crippen molar-refractivity contribution in [2.75, 3.05) is 26.6 Å². The fraction of sp³-hybridized carbons (Fsp3) is 0.238. The molecule has 3 rings (SSSR count). The third kappa shape index (κ3) is 3.64. The molecule has 146 valence electrons. The summed E-state index contributed by atoms with van der Waals surface area (Å²) in [6.45, 7) is 1.99. The Labute approximate surface area is 163 Å². The smallest absolute Gasteiger partial charge is 0.259 e. The number of rotatable bonds is 7. The van der Waals surface area contributed by atoms with Crippen molar-refractivity contribution in [3.8, 4) is 28.5 Å². The summed E-state index contributed by atoms with van der Waals surface area (Å²) in [5.74, 6) is 1.50. The maximum atomic E-state index is 12.9. The normalized spacial score (nSPS) is 10.4. The first-order valence-electron chi connectivity index (χ1n) is 8.86. The molecule has 0 fully saturated rings. The van der Waals surface area contributed by atoms with E-state index >= 15 is 0 Å². The van der Waals surface area contributed by atoms with Crippen LogP contribution in [0.25, 0.3) is 11.3 Å². The van der Waals surface area contributed by atoms with E-state index in [4.69, 9.17) is 14.2 Å². The van der Waals surface area contributed by atoms with Crippen molar-refractivity contribution in [3.05, 3.63) is 53.7 Å². The van der Waals surface area contributed by atoms with Gasteiger partial charge in [0, 0.05) is 11.6 Å². The molecule has 7 heteroatoms. The molecule has 28 heavy (non-hydrogen) atoms. The first kappa shape index (κ1) is 19.3. The SMILES string of the molecule is CCc1[nH]nc(-c2ccc(OC)cc2OC)c1NC(=O)c1ccccc1OC. The van der Waals surface area contributed by atoms with Crippen molar-refractivity contribution in [1.29, 1.82) is 0 Å². The second kappa shape index (κ2) is 8.47. The number of nitrogens with zero attached hydrogens (tertiary/aromatic N) is 1. The minimum absolute atomic E-state index is 0.276. The molecule has 0 aliphatic heterocycles. The highest BCUT2D eigenvalue weighted by Gasteiger charge is 2.21. The van der Waals surface area contributed by atoms with Crippen LogP contribution in [-0.4, -0.2) is 37.4 Å². The number of carbonyl (C=O) groups excluding carboxylic acids is 1. The average Bonchev–Trinajstić information content (AvgIpc) is 3.15. The molecule has 3 aromatic rings. The summed E-state index contributed by atoms with van der Waals surface area (Å²) < 4.78 is 16.1. The van der Waals surface area contributed by atoms with Crippen LogP contribution >= 0.6 is 0 Å². The third-order valence-corrected chi connectivity index (χ3v) is 4.45. The molecule has 1 amide bonds. The second-order valence-electron chi connectivity index (χ2n) is 6.00. The topological polar surface area (TPSA) is 85.5 Å². The average molecular weight is 381 g/mol. The van der Waals surface area contributed by atoms with Crippen LogP contribution in [0.5, 0.6) is 17.2 Å². The van der Waals surface area contributed by atoms with Crippen molar-refractivity contribution in [1.82, 2.24) is 10.2 Å². The van der Waals surface area contributed by atoms with Gasteiger partial charge in [0.2, 0.25) is 0 Å². The Hall–Kier alpha value is -3.48. The maximum Gasteiger partial charge on any atom is 0.259 e. The third-order valence-electron chi connectivity index (χ3n) is 4.45. The Morgan fingerprint density at radius 2 is 1.79 bits per heavy atom. The number of nitrogens with one attached hydrogen (secondary N) is 2. The highest BCUT2D eigenvalue weighted by Crippen LogP contribution is 2.38. The fourth-order valence-electron chi connectivity index (χ4n) is 2.97. The van der Waals surface area contributed by atoms with Gasteiger partial charge in [-0.05, 0) is 30.7 Å². The highest BCUT2D eigenvalue weighted by atomic mass is 16.5. The monoisotopic (exact) mass is 381 g/mol. The van der Waals surface area contributed by atoms with Gasteiger partial charge in [0.15, 0.2) is 0 Å². The summed E-state index contributed by atoms with van der Waals surface area (Å²) in [4.78, 5) is 12.9. The number of benzene rings is 2. The van der Waals surface area contributed by atoms with Gasteiger partial charge in [0.1, 0.15) is 22.9 Å². The van der Waals surface area contributed by atoms with Gasteiger partial charge in [0.05, 0.1) is 38.3 Å². The van der Waals surface area contributed by atoms with Crippen molar-refractivity contribution in [3.63, 3.8) is 0 Å². The predicted molar refractivity (Wildman–Crippen MR) is 107 cm³/mol. The number of anilines is 1. The van der Waals surface area contributed by atoms with E-state index < -0.39 is 0 Å². The molecule has 0 aliphatic carbocycles. The quantitative estimate of drug-likeness (QED) is 0.648. The molecule has 0 spiro atoms. The van der Waals surface area contributed by atoms with E-state index in [2.05, 4.69) is 15.5 Å². The van der Waals surface area contributed by atoms with Crippen LogP contribution < -0.4 is 19.5 Å². The van der Waals surface area contributed by atoms with Crippen molar-refractivity contribution in [2.24, 2.45) is 0 Å². The lowest BCUT2D eigenvalue weighted by Gasteiger charge is -2.13. The van der Waals surface area contributed by atoms with Gasteiger partial charge >= 0.3 is 0 Å². The molecule has 1 heterocycles. The summed E-state index contributed by atoms with van der Waals surface area (Å²) in [7, 11) is 4.71. The molecule has 0 bridgehead atoms. The van der Waals surface area contributed by atoms with Gasteiger partial charge < -0.3 is 19.5 Å². The van der Waals surface area contributed by atoms with Crippen LogP contribution in [0, 0.1) is 0 Å². The Balaban J connectivity index is 2.03. The van der Waals surface area contributed by atoms with E-state index in [0.29, 0.717) is 40.6 Å². The zero-order chi connectivity index (χ0) is 20.1. The number of aryl methyl sites for hydroxylation is 1. The van der Waals surface area contributed by atoms with Crippen LogP contribution in [0.4, 0.5) is 5.69 Å². The van der Waals surface area contributed by atoms with E-state index in [1.165, 1.54) is 7.11 Å². The van der Waals surface area contributed by atoms with E-state index in [-0.39, 0.29) is 5.91 Å². The van der Waals surface area contributed by atoms with Gasteiger partial charge in [-0.25, -0.2) is 0 Å². The molecule has 0 aliphatic rings. The zero-order valence-electron chi connectivity index (χ0n) is 16.3. The van der Waals surface area contributed by atoms with Crippen molar-refractivity contribution < 1.29 is 19.0 Å². The Morgan fingerprint density at radius 3 is 2.46 bits per heavy atom. The number of methoxy groups -OCH3 is 3. The first-order valence-corrected chi connectivity index (χ1v) is 8.86. The second-order valence-corrected chi connectivity index (χ2v) is 6.00. The number of hydrogen-bond donors (Lipinski definition) is 2. The van der Waals surface area contributed by atoms with Crippen LogP contribution in [0.3, 0.4) is 0 Å². The summed E-state index contributed by atoms with van der Waals surface area (Å²) in [5, 5.41) is 10.4. The van der Waals surface area contributed by atoms with Gasteiger partial charge in [-0.1, -0.05) is 19.1 Å².